The van der Waals surface area contributed by atoms with E-state index in [0.29, 0.717) is 0 Å². The van der Waals surface area contributed by atoms with Crippen LogP contribution in [0.3, 0.4) is 0 Å². The third kappa shape index (κ3) is 12.6. The molecule has 0 aliphatic rings. The van der Waals surface area contributed by atoms with Gasteiger partial charge in [0.1, 0.15) is 24.7 Å². The molecule has 0 saturated carbocycles. The Balaban J connectivity index is 2.48. The molecule has 0 heterocycles. The number of amides is 3. The van der Waals surface area contributed by atoms with Crippen molar-refractivity contribution in [3.8, 4) is 0 Å². The molecule has 0 aliphatic carbocycles. The fourth-order valence-electron chi connectivity index (χ4n) is 2.60. The maximum Gasteiger partial charge on any atom is 0.408 e. The van der Waals surface area contributed by atoms with Crippen LogP contribution in [0.1, 0.15) is 25.8 Å². The molecule has 0 aliphatic heterocycles. The monoisotopic (exact) mass is 509 g/mol. The van der Waals surface area contributed by atoms with Gasteiger partial charge in [0, 0.05) is 8.07 Å². The van der Waals surface area contributed by atoms with E-state index in [1.54, 1.807) is 24.3 Å². The second kappa shape index (κ2) is 14.1. The van der Waals surface area contributed by atoms with Gasteiger partial charge in [-0.3, -0.25) is 14.4 Å². The highest BCUT2D eigenvalue weighted by Gasteiger charge is 2.28. The molecule has 11 nitrogen and oxygen atoms in total. The lowest BCUT2D eigenvalue weighted by molar-refractivity contribution is -0.150. The molecule has 0 saturated heterocycles. The van der Waals surface area contributed by atoms with Crippen molar-refractivity contribution < 1.29 is 38.6 Å². The van der Waals surface area contributed by atoms with E-state index in [1.807, 2.05) is 6.07 Å². The lowest BCUT2D eigenvalue weighted by Crippen LogP contribution is -2.54. The maximum absolute atomic E-state index is 12.4. The number of aliphatic carboxylic acids is 1. The van der Waals surface area contributed by atoms with Gasteiger partial charge in [0.25, 0.3) is 0 Å². The van der Waals surface area contributed by atoms with Gasteiger partial charge in [0.15, 0.2) is 0 Å². The number of rotatable bonds is 13. The fourth-order valence-corrected chi connectivity index (χ4v) is 3.32. The molecule has 0 bridgehead atoms. The van der Waals surface area contributed by atoms with Gasteiger partial charge >= 0.3 is 18.0 Å². The molecule has 35 heavy (non-hydrogen) atoms. The molecular formula is C23H35N3O8Si. The Bertz CT molecular complexity index is 889. The van der Waals surface area contributed by atoms with Gasteiger partial charge in [-0.15, -0.1) is 0 Å². The first kappa shape index (κ1) is 29.6. The summed E-state index contributed by atoms with van der Waals surface area (Å²) in [4.78, 5) is 60.0. The van der Waals surface area contributed by atoms with Crippen molar-refractivity contribution in [2.45, 2.75) is 70.7 Å². The number of ether oxygens (including phenoxy) is 2. The number of alkyl carbamates (subject to hydrolysis) is 1. The number of carbonyl (C=O) groups is 5. The van der Waals surface area contributed by atoms with Crippen molar-refractivity contribution in [1.29, 1.82) is 0 Å². The SMILES string of the molecule is C[C@H](NC(=O)OCc1ccccc1)C(=O)N[C@H](C)C(=O)N[C@@H](CC(=O)OCC[Si](C)(C)C)C(=O)O. The molecule has 0 fully saturated rings. The standard InChI is InChI=1S/C23H35N3O8Si/c1-15(21(29)26-18(22(30)31)13-19(27)33-11-12-35(3,4)5)24-20(28)16(2)25-23(32)34-14-17-9-7-6-8-10-17/h6-10,15-16,18H,11-14H2,1-5H3,(H,24,28)(H,25,32)(H,26,29)(H,30,31)/t15-,16+,18+/m1/s1. The third-order valence-electron chi connectivity index (χ3n) is 4.79. The Morgan fingerprint density at radius 1 is 0.886 bits per heavy atom. The summed E-state index contributed by atoms with van der Waals surface area (Å²) in [5, 5.41) is 16.3. The number of nitrogens with one attached hydrogen (secondary N) is 3. The summed E-state index contributed by atoms with van der Waals surface area (Å²) in [6.45, 7) is 9.30. The van der Waals surface area contributed by atoms with Crippen LogP contribution < -0.4 is 16.0 Å². The maximum atomic E-state index is 12.4. The van der Waals surface area contributed by atoms with Crippen LogP contribution in [0.4, 0.5) is 4.79 Å². The highest BCUT2D eigenvalue weighted by atomic mass is 28.3. The van der Waals surface area contributed by atoms with Gasteiger partial charge in [0.05, 0.1) is 13.0 Å². The molecule has 12 heteroatoms. The summed E-state index contributed by atoms with van der Waals surface area (Å²) in [5.74, 6) is -3.63. The van der Waals surface area contributed by atoms with E-state index in [1.165, 1.54) is 13.8 Å². The zero-order valence-electron chi connectivity index (χ0n) is 20.8. The van der Waals surface area contributed by atoms with E-state index in [-0.39, 0.29) is 13.2 Å². The van der Waals surface area contributed by atoms with Crippen LogP contribution in [0, 0.1) is 0 Å². The van der Waals surface area contributed by atoms with Crippen LogP contribution >= 0.6 is 0 Å². The Labute approximate surface area is 205 Å². The number of carboxylic acid groups (broad SMARTS) is 1. The average Bonchev–Trinajstić information content (AvgIpc) is 2.76. The van der Waals surface area contributed by atoms with E-state index >= 15 is 0 Å². The first-order valence-electron chi connectivity index (χ1n) is 11.2. The number of esters is 1. The Hall–Kier alpha value is -3.41. The normalized spacial score (nSPS) is 13.5. The average molecular weight is 510 g/mol. The molecule has 1 aromatic carbocycles. The molecule has 0 unspecified atom stereocenters. The molecule has 0 radical (unpaired) electrons. The van der Waals surface area contributed by atoms with Gasteiger partial charge < -0.3 is 30.5 Å². The molecule has 0 aromatic heterocycles. The Morgan fingerprint density at radius 3 is 2.03 bits per heavy atom. The number of benzene rings is 1. The number of hydrogen-bond acceptors (Lipinski definition) is 7. The minimum atomic E-state index is -1.51. The van der Waals surface area contributed by atoms with E-state index in [9.17, 15) is 29.1 Å². The van der Waals surface area contributed by atoms with Crippen molar-refractivity contribution >= 4 is 37.9 Å². The van der Waals surface area contributed by atoms with Crippen molar-refractivity contribution in [2.24, 2.45) is 0 Å². The third-order valence-corrected chi connectivity index (χ3v) is 6.50. The van der Waals surface area contributed by atoms with Crippen molar-refractivity contribution in [1.82, 2.24) is 16.0 Å². The molecular weight excluding hydrogens is 474 g/mol. The number of carbonyl (C=O) groups excluding carboxylic acids is 4. The number of carboxylic acids is 1. The van der Waals surface area contributed by atoms with E-state index < -0.39 is 62.5 Å². The first-order chi connectivity index (χ1) is 16.3. The topological polar surface area (TPSA) is 160 Å². The van der Waals surface area contributed by atoms with Gasteiger partial charge in [-0.1, -0.05) is 50.0 Å². The molecule has 4 N–H and O–H groups in total. The lowest BCUT2D eigenvalue weighted by atomic mass is 10.2. The summed E-state index contributed by atoms with van der Waals surface area (Å²) in [6, 6.07) is 6.05. The highest BCUT2D eigenvalue weighted by molar-refractivity contribution is 6.76. The summed E-state index contributed by atoms with van der Waals surface area (Å²) < 4.78 is 10.1. The van der Waals surface area contributed by atoms with Crippen LogP contribution in [0.2, 0.25) is 25.7 Å². The van der Waals surface area contributed by atoms with Gasteiger partial charge in [-0.05, 0) is 25.5 Å². The molecule has 194 valence electrons. The Kier molecular flexibility index (Phi) is 11.9. The quantitative estimate of drug-likeness (QED) is 0.231. The van der Waals surface area contributed by atoms with Crippen molar-refractivity contribution in [3.05, 3.63) is 35.9 Å². The lowest BCUT2D eigenvalue weighted by Gasteiger charge is -2.20. The van der Waals surface area contributed by atoms with Crippen LogP contribution in [-0.4, -0.2) is 67.8 Å². The van der Waals surface area contributed by atoms with E-state index in [0.717, 1.165) is 11.6 Å². The van der Waals surface area contributed by atoms with Gasteiger partial charge in [0.2, 0.25) is 11.8 Å². The van der Waals surface area contributed by atoms with Crippen molar-refractivity contribution in [3.63, 3.8) is 0 Å². The second-order valence-electron chi connectivity index (χ2n) is 9.29. The minimum Gasteiger partial charge on any atom is -0.480 e. The van der Waals surface area contributed by atoms with E-state index in [4.69, 9.17) is 9.47 Å². The van der Waals surface area contributed by atoms with E-state index in [2.05, 4.69) is 35.6 Å². The van der Waals surface area contributed by atoms with Crippen LogP contribution in [0.25, 0.3) is 0 Å². The molecule has 1 rings (SSSR count). The van der Waals surface area contributed by atoms with Crippen LogP contribution in [-0.2, 0) is 35.3 Å². The van der Waals surface area contributed by atoms with Crippen LogP contribution in [0.15, 0.2) is 30.3 Å². The van der Waals surface area contributed by atoms with Crippen molar-refractivity contribution in [2.75, 3.05) is 6.61 Å². The van der Waals surface area contributed by atoms with Gasteiger partial charge in [-0.2, -0.15) is 0 Å². The molecule has 1 aromatic rings. The minimum absolute atomic E-state index is 0.0248. The predicted molar refractivity (Wildman–Crippen MR) is 130 cm³/mol. The smallest absolute Gasteiger partial charge is 0.408 e. The molecule has 3 atom stereocenters. The first-order valence-corrected chi connectivity index (χ1v) is 15.0. The van der Waals surface area contributed by atoms with Crippen LogP contribution in [0.5, 0.6) is 0 Å². The van der Waals surface area contributed by atoms with Gasteiger partial charge in [-0.25, -0.2) is 9.59 Å². The zero-order valence-corrected chi connectivity index (χ0v) is 21.8. The largest absolute Gasteiger partial charge is 0.480 e. The second-order valence-corrected chi connectivity index (χ2v) is 14.9. The summed E-state index contributed by atoms with van der Waals surface area (Å²) in [7, 11) is -1.42. The molecule has 3 amide bonds. The highest BCUT2D eigenvalue weighted by Crippen LogP contribution is 2.08. The zero-order chi connectivity index (χ0) is 26.6. The summed E-state index contributed by atoms with van der Waals surface area (Å²) in [6.07, 6.45) is -1.36. The summed E-state index contributed by atoms with van der Waals surface area (Å²) >= 11 is 0. The fraction of sp³-hybridized carbons (Fsp3) is 0.522. The molecule has 0 spiro atoms. The summed E-state index contributed by atoms with van der Waals surface area (Å²) in [5.41, 5.74) is 0.776. The predicted octanol–water partition coefficient (Wildman–Crippen LogP) is 1.65. The number of hydrogen-bond donors (Lipinski definition) is 4. The Morgan fingerprint density at radius 2 is 1.46 bits per heavy atom.